The number of ketones is 1. The molecule has 3 rings (SSSR count). The van der Waals surface area contributed by atoms with Gasteiger partial charge in [-0.1, -0.05) is 0 Å². The van der Waals surface area contributed by atoms with Crippen molar-refractivity contribution in [3.8, 4) is 5.75 Å². The molecular weight excluding hydrogens is 329 g/mol. The molecule has 0 amide bonds. The lowest BCUT2D eigenvalue weighted by Crippen LogP contribution is -2.03. The quantitative estimate of drug-likeness (QED) is 0.688. The van der Waals surface area contributed by atoms with E-state index in [-0.39, 0.29) is 11.5 Å². The topological polar surface area (TPSA) is 77.2 Å². The predicted octanol–water partition coefficient (Wildman–Crippen LogP) is 3.85. The Hall–Kier alpha value is -2.93. The smallest absolute Gasteiger partial charge is 0.206 e. The Morgan fingerprint density at radius 2 is 1.83 bits per heavy atom. The first-order valence-corrected chi connectivity index (χ1v) is 7.82. The molecule has 3 N–H and O–H groups in total. The molecule has 0 aliphatic rings. The summed E-state index contributed by atoms with van der Waals surface area (Å²) in [5.41, 5.74) is 7.45. The van der Waals surface area contributed by atoms with Crippen molar-refractivity contribution in [3.05, 3.63) is 64.8 Å². The molecule has 0 saturated heterocycles. The number of ether oxygens (including phenoxy) is 1. The molecule has 1 heterocycles. The summed E-state index contributed by atoms with van der Waals surface area (Å²) in [6.07, 6.45) is 0. The molecule has 0 aliphatic carbocycles. The van der Waals surface area contributed by atoms with Gasteiger partial charge in [0, 0.05) is 11.3 Å². The van der Waals surface area contributed by atoms with Crippen molar-refractivity contribution < 1.29 is 13.9 Å². The third-order valence-corrected chi connectivity index (χ3v) is 4.26. The van der Waals surface area contributed by atoms with Crippen molar-refractivity contribution in [1.82, 2.24) is 4.37 Å². The molecule has 7 heteroatoms. The van der Waals surface area contributed by atoms with Gasteiger partial charge in [0.05, 0.1) is 12.8 Å². The van der Waals surface area contributed by atoms with Crippen LogP contribution in [-0.4, -0.2) is 17.3 Å². The highest BCUT2D eigenvalue weighted by atomic mass is 32.1. The third kappa shape index (κ3) is 3.21. The van der Waals surface area contributed by atoms with E-state index in [9.17, 15) is 9.18 Å². The standard InChI is InChI=1S/C17H14FN3O2S/c1-23-13-8-6-12(7-9-13)20-17-14(19)16(24-21-17)15(22)10-2-4-11(18)5-3-10/h2-9H,19H2,1H3,(H,20,21). The Morgan fingerprint density at radius 1 is 1.17 bits per heavy atom. The van der Waals surface area contributed by atoms with Crippen molar-refractivity contribution >= 4 is 34.5 Å². The maximum atomic E-state index is 13.0. The molecule has 1 aromatic heterocycles. The van der Waals surface area contributed by atoms with Gasteiger partial charge in [-0.05, 0) is 60.1 Å². The average molecular weight is 343 g/mol. The van der Waals surface area contributed by atoms with Gasteiger partial charge in [-0.3, -0.25) is 4.79 Å². The zero-order chi connectivity index (χ0) is 17.1. The highest BCUT2D eigenvalue weighted by molar-refractivity contribution is 7.09. The third-order valence-electron chi connectivity index (χ3n) is 3.39. The number of nitrogens with zero attached hydrogens (tertiary/aromatic N) is 1. The van der Waals surface area contributed by atoms with Gasteiger partial charge < -0.3 is 15.8 Å². The van der Waals surface area contributed by atoms with Crippen molar-refractivity contribution in [1.29, 1.82) is 0 Å². The van der Waals surface area contributed by atoms with Crippen LogP contribution in [-0.2, 0) is 0 Å². The number of rotatable bonds is 5. The Labute approximate surface area is 142 Å². The number of hydrogen-bond acceptors (Lipinski definition) is 6. The van der Waals surface area contributed by atoms with Gasteiger partial charge in [-0.15, -0.1) is 0 Å². The molecule has 0 aliphatic heterocycles. The molecule has 122 valence electrons. The first kappa shape index (κ1) is 15.9. The van der Waals surface area contributed by atoms with Crippen LogP contribution >= 0.6 is 11.5 Å². The van der Waals surface area contributed by atoms with E-state index in [1.165, 1.54) is 24.3 Å². The summed E-state index contributed by atoms with van der Waals surface area (Å²) < 4.78 is 22.3. The van der Waals surface area contributed by atoms with Crippen molar-refractivity contribution in [3.63, 3.8) is 0 Å². The molecule has 0 unspecified atom stereocenters. The molecule has 0 fully saturated rings. The number of anilines is 3. The number of nitrogens with one attached hydrogen (secondary N) is 1. The summed E-state index contributed by atoms with van der Waals surface area (Å²) >= 11 is 1.00. The number of halogens is 1. The van der Waals surface area contributed by atoms with E-state index in [0.29, 0.717) is 16.3 Å². The lowest BCUT2D eigenvalue weighted by molar-refractivity contribution is 0.104. The van der Waals surface area contributed by atoms with Crippen molar-refractivity contribution in [2.45, 2.75) is 0 Å². The maximum absolute atomic E-state index is 13.0. The Bertz CT molecular complexity index is 861. The van der Waals surface area contributed by atoms with Crippen molar-refractivity contribution in [2.24, 2.45) is 0 Å². The fourth-order valence-electron chi connectivity index (χ4n) is 2.09. The molecule has 0 spiro atoms. The zero-order valence-electron chi connectivity index (χ0n) is 12.7. The monoisotopic (exact) mass is 343 g/mol. The van der Waals surface area contributed by atoms with E-state index in [1.807, 2.05) is 12.1 Å². The second kappa shape index (κ2) is 6.67. The van der Waals surface area contributed by atoms with Crippen LogP contribution in [0.1, 0.15) is 15.2 Å². The molecule has 0 bridgehead atoms. The van der Waals surface area contributed by atoms with Crippen LogP contribution in [0.3, 0.4) is 0 Å². The second-order valence-electron chi connectivity index (χ2n) is 4.96. The van der Waals surface area contributed by atoms with Gasteiger partial charge in [-0.2, -0.15) is 4.37 Å². The first-order chi connectivity index (χ1) is 11.6. The minimum Gasteiger partial charge on any atom is -0.497 e. The second-order valence-corrected chi connectivity index (χ2v) is 5.74. The number of nitrogen functional groups attached to an aromatic ring is 1. The Balaban J connectivity index is 1.82. The van der Waals surface area contributed by atoms with E-state index in [2.05, 4.69) is 9.69 Å². The summed E-state index contributed by atoms with van der Waals surface area (Å²) in [4.78, 5) is 12.8. The maximum Gasteiger partial charge on any atom is 0.206 e. The summed E-state index contributed by atoms with van der Waals surface area (Å²) in [6, 6.07) is 12.6. The van der Waals surface area contributed by atoms with Crippen LogP contribution in [0.4, 0.5) is 21.6 Å². The van der Waals surface area contributed by atoms with E-state index < -0.39 is 5.82 Å². The van der Waals surface area contributed by atoms with Crippen LogP contribution in [0.15, 0.2) is 48.5 Å². The molecule has 0 atom stereocenters. The molecular formula is C17H14FN3O2S. The van der Waals surface area contributed by atoms with Crippen LogP contribution in [0.5, 0.6) is 5.75 Å². The van der Waals surface area contributed by atoms with E-state index in [1.54, 1.807) is 19.2 Å². The Morgan fingerprint density at radius 3 is 2.46 bits per heavy atom. The average Bonchev–Trinajstić information content (AvgIpc) is 2.96. The lowest BCUT2D eigenvalue weighted by atomic mass is 10.1. The van der Waals surface area contributed by atoms with Gasteiger partial charge in [0.1, 0.15) is 16.4 Å². The van der Waals surface area contributed by atoms with Crippen LogP contribution < -0.4 is 15.8 Å². The van der Waals surface area contributed by atoms with Gasteiger partial charge in [-0.25, -0.2) is 4.39 Å². The van der Waals surface area contributed by atoms with Gasteiger partial charge >= 0.3 is 0 Å². The summed E-state index contributed by atoms with van der Waals surface area (Å²) in [5.74, 6) is 0.466. The van der Waals surface area contributed by atoms with E-state index in [4.69, 9.17) is 10.5 Å². The van der Waals surface area contributed by atoms with E-state index >= 15 is 0 Å². The molecule has 2 aromatic carbocycles. The number of methoxy groups -OCH3 is 1. The number of benzene rings is 2. The normalized spacial score (nSPS) is 10.4. The zero-order valence-corrected chi connectivity index (χ0v) is 13.6. The number of carbonyl (C=O) groups is 1. The first-order valence-electron chi connectivity index (χ1n) is 7.05. The SMILES string of the molecule is COc1ccc(Nc2nsc(C(=O)c3ccc(F)cc3)c2N)cc1. The molecule has 3 aromatic rings. The van der Waals surface area contributed by atoms with Gasteiger partial charge in [0.15, 0.2) is 5.82 Å². The highest BCUT2D eigenvalue weighted by Gasteiger charge is 2.19. The Kier molecular flexibility index (Phi) is 4.43. The number of nitrogens with two attached hydrogens (primary N) is 1. The van der Waals surface area contributed by atoms with Crippen LogP contribution in [0.25, 0.3) is 0 Å². The minimum atomic E-state index is -0.398. The molecule has 0 radical (unpaired) electrons. The number of hydrogen-bond donors (Lipinski definition) is 2. The molecule has 24 heavy (non-hydrogen) atoms. The minimum absolute atomic E-state index is 0.269. The molecule has 0 saturated carbocycles. The number of aromatic nitrogens is 1. The summed E-state index contributed by atoms with van der Waals surface area (Å²) in [6.45, 7) is 0. The predicted molar refractivity (Wildman–Crippen MR) is 92.6 cm³/mol. The lowest BCUT2D eigenvalue weighted by Gasteiger charge is -2.06. The van der Waals surface area contributed by atoms with Crippen molar-refractivity contribution in [2.75, 3.05) is 18.2 Å². The fraction of sp³-hybridized carbons (Fsp3) is 0.0588. The summed E-state index contributed by atoms with van der Waals surface area (Å²) in [7, 11) is 1.59. The van der Waals surface area contributed by atoms with Crippen LogP contribution in [0.2, 0.25) is 0 Å². The van der Waals surface area contributed by atoms with Crippen LogP contribution in [0, 0.1) is 5.82 Å². The van der Waals surface area contributed by atoms with E-state index in [0.717, 1.165) is 23.0 Å². The fourth-order valence-corrected chi connectivity index (χ4v) is 2.82. The van der Waals surface area contributed by atoms with Gasteiger partial charge in [0.25, 0.3) is 0 Å². The largest absolute Gasteiger partial charge is 0.497 e. The summed E-state index contributed by atoms with van der Waals surface area (Å²) in [5, 5.41) is 3.07. The highest BCUT2D eigenvalue weighted by Crippen LogP contribution is 2.31. The number of carbonyl (C=O) groups excluding carboxylic acids is 1. The van der Waals surface area contributed by atoms with Gasteiger partial charge in [0.2, 0.25) is 5.78 Å². The molecule has 5 nitrogen and oxygen atoms in total.